The van der Waals surface area contributed by atoms with Crippen molar-refractivity contribution in [3.8, 4) is 0 Å². The minimum absolute atomic E-state index is 0.314. The molecule has 4 aromatic rings. The van der Waals surface area contributed by atoms with Gasteiger partial charge in [-0.05, 0) is 79.9 Å². The summed E-state index contributed by atoms with van der Waals surface area (Å²) in [5.74, 6) is 0.252. The maximum atomic E-state index is 17.0. The molecular formula is C37H38F4N6. The van der Waals surface area contributed by atoms with Crippen LogP contribution in [-0.2, 0) is 18.9 Å². The Labute approximate surface area is 272 Å². The number of nitrogens with two attached hydrogens (primary N) is 1. The van der Waals surface area contributed by atoms with Crippen molar-refractivity contribution >= 4 is 28.6 Å². The molecule has 10 heteroatoms. The third-order valence-electron chi connectivity index (χ3n) is 8.85. The first-order valence-electron chi connectivity index (χ1n) is 15.3. The van der Waals surface area contributed by atoms with Gasteiger partial charge >= 0.3 is 6.18 Å². The fourth-order valence-corrected chi connectivity index (χ4v) is 5.90. The average molecular weight is 643 g/mol. The molecule has 6 nitrogen and oxygen atoms in total. The Morgan fingerprint density at radius 3 is 2.43 bits per heavy atom. The monoisotopic (exact) mass is 642 g/mol. The first-order valence-corrected chi connectivity index (χ1v) is 15.3. The Hall–Kier alpha value is -4.99. The largest absolute Gasteiger partial charge is 0.412 e. The minimum atomic E-state index is -4.47. The summed E-state index contributed by atoms with van der Waals surface area (Å²) >= 11 is 0. The van der Waals surface area contributed by atoms with Gasteiger partial charge in [-0.25, -0.2) is 14.4 Å². The molecular weight excluding hydrogens is 604 g/mol. The van der Waals surface area contributed by atoms with Crippen molar-refractivity contribution in [3.05, 3.63) is 131 Å². The number of halogens is 4. The molecule has 244 valence electrons. The molecule has 0 radical (unpaired) electrons. The third kappa shape index (κ3) is 6.63. The van der Waals surface area contributed by atoms with Gasteiger partial charge in [-0.15, -0.1) is 0 Å². The van der Waals surface area contributed by atoms with Crippen LogP contribution in [0.5, 0.6) is 0 Å². The van der Waals surface area contributed by atoms with Crippen LogP contribution in [0.3, 0.4) is 0 Å². The minimum Gasteiger partial charge on any atom is -0.405 e. The molecule has 1 atom stereocenters. The van der Waals surface area contributed by atoms with Crippen LogP contribution in [0, 0.1) is 12.7 Å². The van der Waals surface area contributed by atoms with Crippen molar-refractivity contribution in [1.29, 1.82) is 0 Å². The Morgan fingerprint density at radius 2 is 1.85 bits per heavy atom. The van der Waals surface area contributed by atoms with Crippen LogP contribution in [0.4, 0.5) is 29.1 Å². The van der Waals surface area contributed by atoms with E-state index in [1.807, 2.05) is 55.8 Å². The van der Waals surface area contributed by atoms with Crippen molar-refractivity contribution < 1.29 is 17.6 Å². The van der Waals surface area contributed by atoms with Gasteiger partial charge in [0.2, 0.25) is 0 Å². The number of hydrogen-bond acceptors (Lipinski definition) is 5. The van der Waals surface area contributed by atoms with Gasteiger partial charge in [-0.3, -0.25) is 4.99 Å². The SMILES string of the molecule is C=C/C(=C\C=C(/C)C(F)(F)F)C(C)(c1cc(C)c2nc(N3CCC3)c(Cc3ccc(N=CC=CN)cc3)c(F)c2c1)c1cncn1C. The number of fused-ring (bicyclic) bond motifs is 1. The van der Waals surface area contributed by atoms with E-state index in [2.05, 4.69) is 21.5 Å². The van der Waals surface area contributed by atoms with Crippen LogP contribution < -0.4 is 10.6 Å². The summed E-state index contributed by atoms with van der Waals surface area (Å²) in [6, 6.07) is 11.3. The number of pyridine rings is 1. The molecule has 2 aromatic carbocycles. The number of aromatic nitrogens is 3. The molecule has 3 heterocycles. The normalized spacial score (nSPS) is 15.9. The number of aliphatic imine (C=N–C) groups is 1. The van der Waals surface area contributed by atoms with E-state index in [-0.39, 0.29) is 5.82 Å². The molecule has 0 bridgehead atoms. The highest BCUT2D eigenvalue weighted by atomic mass is 19.4. The molecule has 1 aliphatic rings. The maximum Gasteiger partial charge on any atom is 0.412 e. The summed E-state index contributed by atoms with van der Waals surface area (Å²) in [6.07, 6.45) is 8.79. The molecule has 2 aromatic heterocycles. The molecule has 0 amide bonds. The highest BCUT2D eigenvalue weighted by Crippen LogP contribution is 2.43. The van der Waals surface area contributed by atoms with E-state index in [0.717, 1.165) is 49.3 Å². The first-order chi connectivity index (χ1) is 22.4. The van der Waals surface area contributed by atoms with Gasteiger partial charge in [0.1, 0.15) is 11.6 Å². The van der Waals surface area contributed by atoms with Gasteiger partial charge in [0.25, 0.3) is 0 Å². The van der Waals surface area contributed by atoms with Gasteiger partial charge in [-0.2, -0.15) is 13.2 Å². The van der Waals surface area contributed by atoms with Crippen LogP contribution >= 0.6 is 0 Å². The van der Waals surface area contributed by atoms with Crippen molar-refractivity contribution in [2.24, 2.45) is 17.8 Å². The summed E-state index contributed by atoms with van der Waals surface area (Å²) in [4.78, 5) is 15.8. The molecule has 1 fully saturated rings. The summed E-state index contributed by atoms with van der Waals surface area (Å²) in [7, 11) is 1.82. The predicted molar refractivity (Wildman–Crippen MR) is 182 cm³/mol. The zero-order valence-corrected chi connectivity index (χ0v) is 26.9. The van der Waals surface area contributed by atoms with Crippen LogP contribution in [0.15, 0.2) is 102 Å². The molecule has 1 aliphatic heterocycles. The van der Waals surface area contributed by atoms with E-state index < -0.39 is 17.2 Å². The van der Waals surface area contributed by atoms with E-state index >= 15 is 4.39 Å². The van der Waals surface area contributed by atoms with Gasteiger partial charge in [0, 0.05) is 55.5 Å². The maximum absolute atomic E-state index is 17.0. The Kier molecular flexibility index (Phi) is 9.51. The third-order valence-corrected chi connectivity index (χ3v) is 8.85. The van der Waals surface area contributed by atoms with Crippen LogP contribution in [0.2, 0.25) is 0 Å². The highest BCUT2D eigenvalue weighted by Gasteiger charge is 2.36. The zero-order chi connectivity index (χ0) is 33.9. The summed E-state index contributed by atoms with van der Waals surface area (Å²) < 4.78 is 59.1. The number of rotatable bonds is 10. The lowest BCUT2D eigenvalue weighted by Gasteiger charge is -2.35. The molecule has 1 unspecified atom stereocenters. The Bertz CT molecular complexity index is 1910. The second kappa shape index (κ2) is 13.4. The van der Waals surface area contributed by atoms with Crippen LogP contribution in [0.25, 0.3) is 10.9 Å². The van der Waals surface area contributed by atoms with E-state index in [1.165, 1.54) is 12.3 Å². The molecule has 0 saturated carbocycles. The molecule has 1 saturated heterocycles. The lowest BCUT2D eigenvalue weighted by Crippen LogP contribution is -2.38. The Balaban J connectivity index is 1.69. The number of benzene rings is 2. The number of alkyl halides is 3. The lowest BCUT2D eigenvalue weighted by atomic mass is 9.72. The fraction of sp³-hybridized carbons (Fsp3) is 0.270. The zero-order valence-electron chi connectivity index (χ0n) is 26.9. The molecule has 2 N–H and O–H groups in total. The van der Waals surface area contributed by atoms with Crippen LogP contribution in [-0.4, -0.2) is 40.0 Å². The summed E-state index contributed by atoms with van der Waals surface area (Å²) in [6.45, 7) is 10.3. The number of aryl methyl sites for hydroxylation is 2. The topological polar surface area (TPSA) is 72.3 Å². The average Bonchev–Trinajstić information content (AvgIpc) is 3.45. The molecule has 0 aliphatic carbocycles. The van der Waals surface area contributed by atoms with Gasteiger partial charge in [0.15, 0.2) is 0 Å². The lowest BCUT2D eigenvalue weighted by molar-refractivity contribution is -0.0913. The summed E-state index contributed by atoms with van der Waals surface area (Å²) in [5, 5.41) is 0.341. The number of allylic oxidation sites excluding steroid dienone is 6. The van der Waals surface area contributed by atoms with E-state index in [1.54, 1.807) is 37.0 Å². The van der Waals surface area contributed by atoms with Gasteiger partial charge in [-0.1, -0.05) is 43.0 Å². The molecule has 5 rings (SSSR count). The number of nitrogens with zero attached hydrogens (tertiary/aromatic N) is 5. The standard InChI is InChI=1S/C37H38F4N6/c1-6-27(12-9-25(3)37(39,40)41)36(4,32-22-43-23-46(32)5)28-19-24(2)34-30(21-28)33(38)31(35(45-34)47-17-8-18-47)20-26-10-13-29(14-11-26)44-16-7-15-42/h6-7,9-16,19,21-23H,1,8,17-18,20,42H2,2-5H3/b15-7?,25-9+,27-12+,44-16?. The quantitative estimate of drug-likeness (QED) is 0.107. The predicted octanol–water partition coefficient (Wildman–Crippen LogP) is 8.32. The second-order valence-corrected chi connectivity index (χ2v) is 12.0. The number of hydrogen-bond donors (Lipinski definition) is 1. The van der Waals surface area contributed by atoms with Gasteiger partial charge < -0.3 is 15.2 Å². The smallest absolute Gasteiger partial charge is 0.405 e. The van der Waals surface area contributed by atoms with Crippen LogP contribution in [0.1, 0.15) is 48.2 Å². The first kappa shape index (κ1) is 33.4. The van der Waals surface area contributed by atoms with Crippen molar-refractivity contribution in [2.45, 2.75) is 45.2 Å². The van der Waals surface area contributed by atoms with E-state index in [0.29, 0.717) is 45.5 Å². The Morgan fingerprint density at radius 1 is 1.13 bits per heavy atom. The van der Waals surface area contributed by atoms with Crippen molar-refractivity contribution in [2.75, 3.05) is 18.0 Å². The number of anilines is 1. The van der Waals surface area contributed by atoms with E-state index in [4.69, 9.17) is 10.7 Å². The second-order valence-electron chi connectivity index (χ2n) is 12.0. The highest BCUT2D eigenvalue weighted by molar-refractivity contribution is 5.87. The van der Waals surface area contributed by atoms with Gasteiger partial charge in [0.05, 0.1) is 28.6 Å². The summed E-state index contributed by atoms with van der Waals surface area (Å²) in [5.41, 5.74) is 8.89. The van der Waals surface area contributed by atoms with Crippen molar-refractivity contribution in [1.82, 2.24) is 14.5 Å². The fourth-order valence-electron chi connectivity index (χ4n) is 5.90. The number of imidazole rings is 1. The van der Waals surface area contributed by atoms with E-state index in [9.17, 15) is 13.2 Å². The molecule has 0 spiro atoms. The molecule has 47 heavy (non-hydrogen) atoms. The van der Waals surface area contributed by atoms with Crippen molar-refractivity contribution in [3.63, 3.8) is 0 Å².